The van der Waals surface area contributed by atoms with Crippen molar-refractivity contribution < 1.29 is 20.1 Å². The van der Waals surface area contributed by atoms with Crippen LogP contribution < -0.4 is 0 Å². The maximum atomic E-state index is 10.4. The second-order valence-corrected chi connectivity index (χ2v) is 8.57. The van der Waals surface area contributed by atoms with Crippen LogP contribution in [0.1, 0.15) is 54.4 Å². The Balaban J connectivity index is 2.84. The Morgan fingerprint density at radius 1 is 0.800 bits per heavy atom. The zero-order valence-corrected chi connectivity index (χ0v) is 13.8. The molecular formula is C16H32O4. The summed E-state index contributed by atoms with van der Waals surface area (Å²) in [4.78, 5) is 0. The Labute approximate surface area is 123 Å². The van der Waals surface area contributed by atoms with Gasteiger partial charge in [-0.05, 0) is 23.7 Å². The highest BCUT2D eigenvalue weighted by molar-refractivity contribution is 4.94. The van der Waals surface area contributed by atoms with Crippen LogP contribution in [-0.4, -0.2) is 46.3 Å². The highest BCUT2D eigenvalue weighted by Crippen LogP contribution is 2.38. The average molecular weight is 288 g/mol. The maximum absolute atomic E-state index is 10.4. The molecule has 4 heteroatoms. The van der Waals surface area contributed by atoms with Crippen molar-refractivity contribution in [2.45, 2.75) is 78.8 Å². The minimum Gasteiger partial charge on any atom is -0.394 e. The summed E-state index contributed by atoms with van der Waals surface area (Å²) in [6.45, 7) is 12.4. The SMILES string of the molecule is CC(C)(C)C[C@@H]1C(CO)O[C@H](CC(C)(C)C)C(O)[C@H]1O. The van der Waals surface area contributed by atoms with E-state index in [-0.39, 0.29) is 23.4 Å². The summed E-state index contributed by atoms with van der Waals surface area (Å²) < 4.78 is 5.89. The van der Waals surface area contributed by atoms with Crippen molar-refractivity contribution in [1.29, 1.82) is 0 Å². The lowest BCUT2D eigenvalue weighted by atomic mass is 9.74. The summed E-state index contributed by atoms with van der Waals surface area (Å²) in [7, 11) is 0. The molecular weight excluding hydrogens is 256 g/mol. The van der Waals surface area contributed by atoms with Crippen molar-refractivity contribution in [2.75, 3.05) is 6.61 Å². The second-order valence-electron chi connectivity index (χ2n) is 8.57. The fraction of sp³-hybridized carbons (Fsp3) is 1.00. The molecule has 1 aliphatic heterocycles. The van der Waals surface area contributed by atoms with Crippen LogP contribution >= 0.6 is 0 Å². The van der Waals surface area contributed by atoms with Crippen LogP contribution in [-0.2, 0) is 4.74 Å². The van der Waals surface area contributed by atoms with Crippen LogP contribution in [0.5, 0.6) is 0 Å². The van der Waals surface area contributed by atoms with E-state index in [0.29, 0.717) is 12.8 Å². The monoisotopic (exact) mass is 288 g/mol. The number of hydrogen-bond acceptors (Lipinski definition) is 4. The Morgan fingerprint density at radius 3 is 1.70 bits per heavy atom. The largest absolute Gasteiger partial charge is 0.394 e. The first-order valence-electron chi connectivity index (χ1n) is 7.57. The Morgan fingerprint density at radius 2 is 1.30 bits per heavy atom. The number of aliphatic hydroxyl groups is 3. The molecule has 0 radical (unpaired) electrons. The highest BCUT2D eigenvalue weighted by Gasteiger charge is 2.45. The zero-order valence-electron chi connectivity index (χ0n) is 13.8. The molecule has 20 heavy (non-hydrogen) atoms. The van der Waals surface area contributed by atoms with Gasteiger partial charge in [-0.1, -0.05) is 41.5 Å². The van der Waals surface area contributed by atoms with Crippen molar-refractivity contribution in [3.05, 3.63) is 0 Å². The lowest BCUT2D eigenvalue weighted by Gasteiger charge is -2.45. The summed E-state index contributed by atoms with van der Waals surface area (Å²) in [6.07, 6.45) is -1.18. The molecule has 1 saturated heterocycles. The third-order valence-corrected chi connectivity index (χ3v) is 3.84. The minimum atomic E-state index is -0.885. The molecule has 0 bridgehead atoms. The molecule has 5 atom stereocenters. The van der Waals surface area contributed by atoms with Gasteiger partial charge in [0.15, 0.2) is 0 Å². The molecule has 0 saturated carbocycles. The van der Waals surface area contributed by atoms with Crippen LogP contribution in [0.15, 0.2) is 0 Å². The van der Waals surface area contributed by atoms with Crippen LogP contribution in [0.2, 0.25) is 0 Å². The molecule has 1 heterocycles. The predicted molar refractivity (Wildman–Crippen MR) is 79.4 cm³/mol. The van der Waals surface area contributed by atoms with E-state index in [4.69, 9.17) is 4.74 Å². The zero-order chi connectivity index (χ0) is 15.7. The van der Waals surface area contributed by atoms with Crippen LogP contribution in [0.25, 0.3) is 0 Å². The molecule has 0 aromatic heterocycles. The van der Waals surface area contributed by atoms with E-state index in [2.05, 4.69) is 41.5 Å². The molecule has 0 aromatic carbocycles. The molecule has 1 rings (SSSR count). The molecule has 1 aliphatic rings. The smallest absolute Gasteiger partial charge is 0.106 e. The molecule has 0 aromatic rings. The quantitative estimate of drug-likeness (QED) is 0.742. The molecule has 1 fully saturated rings. The fourth-order valence-corrected chi connectivity index (χ4v) is 3.01. The first-order chi connectivity index (χ1) is 8.94. The van der Waals surface area contributed by atoms with Crippen LogP contribution in [0.3, 0.4) is 0 Å². The summed E-state index contributed by atoms with van der Waals surface area (Å²) >= 11 is 0. The fourth-order valence-electron chi connectivity index (χ4n) is 3.01. The van der Waals surface area contributed by atoms with Crippen molar-refractivity contribution >= 4 is 0 Å². The molecule has 2 unspecified atom stereocenters. The van der Waals surface area contributed by atoms with Gasteiger partial charge >= 0.3 is 0 Å². The number of hydrogen-bond donors (Lipinski definition) is 3. The van der Waals surface area contributed by atoms with Gasteiger partial charge in [0.25, 0.3) is 0 Å². The summed E-state index contributed by atoms with van der Waals surface area (Å²) in [6, 6.07) is 0. The molecule has 0 aliphatic carbocycles. The van der Waals surface area contributed by atoms with Crippen molar-refractivity contribution in [3.8, 4) is 0 Å². The highest BCUT2D eigenvalue weighted by atomic mass is 16.5. The van der Waals surface area contributed by atoms with Crippen molar-refractivity contribution in [3.63, 3.8) is 0 Å². The van der Waals surface area contributed by atoms with E-state index in [1.54, 1.807) is 0 Å². The second kappa shape index (κ2) is 6.30. The van der Waals surface area contributed by atoms with Gasteiger partial charge in [0.1, 0.15) is 6.10 Å². The standard InChI is InChI=1S/C16H32O4/c1-15(2,3)7-10-12(9-17)20-11(8-16(4,5)6)14(19)13(10)18/h10-14,17-19H,7-9H2,1-6H3/t10-,11-,12?,13+,14?/m1/s1. The number of ether oxygens (including phenoxy) is 1. The van der Waals surface area contributed by atoms with Crippen molar-refractivity contribution in [2.24, 2.45) is 16.7 Å². The van der Waals surface area contributed by atoms with Crippen molar-refractivity contribution in [1.82, 2.24) is 0 Å². The molecule has 0 spiro atoms. The van der Waals surface area contributed by atoms with E-state index in [0.717, 1.165) is 0 Å². The molecule has 4 nitrogen and oxygen atoms in total. The van der Waals surface area contributed by atoms with Gasteiger partial charge < -0.3 is 20.1 Å². The lowest BCUT2D eigenvalue weighted by Crippen LogP contribution is -2.56. The van der Waals surface area contributed by atoms with Gasteiger partial charge in [-0.25, -0.2) is 0 Å². The van der Waals surface area contributed by atoms with E-state index in [1.807, 2.05) is 0 Å². The van der Waals surface area contributed by atoms with Gasteiger partial charge in [0.05, 0.1) is 24.9 Å². The first kappa shape index (κ1) is 17.9. The average Bonchev–Trinajstić information content (AvgIpc) is 2.25. The summed E-state index contributed by atoms with van der Waals surface area (Å²) in [5, 5.41) is 30.3. The molecule has 120 valence electrons. The van der Waals surface area contributed by atoms with Gasteiger partial charge in [-0.2, -0.15) is 0 Å². The minimum absolute atomic E-state index is 0.00222. The number of rotatable bonds is 3. The van der Waals surface area contributed by atoms with Gasteiger partial charge in [-0.3, -0.25) is 0 Å². The van der Waals surface area contributed by atoms with Gasteiger partial charge in [0, 0.05) is 5.92 Å². The third-order valence-electron chi connectivity index (χ3n) is 3.84. The molecule has 3 N–H and O–H groups in total. The van der Waals surface area contributed by atoms with Gasteiger partial charge in [-0.15, -0.1) is 0 Å². The topological polar surface area (TPSA) is 69.9 Å². The van der Waals surface area contributed by atoms with E-state index in [9.17, 15) is 15.3 Å². The van der Waals surface area contributed by atoms with Crippen LogP contribution in [0.4, 0.5) is 0 Å². The Hall–Kier alpha value is -0.160. The van der Waals surface area contributed by atoms with E-state index >= 15 is 0 Å². The normalized spacial score (nSPS) is 36.1. The van der Waals surface area contributed by atoms with E-state index < -0.39 is 24.4 Å². The lowest BCUT2D eigenvalue weighted by molar-refractivity contribution is -0.219. The first-order valence-corrected chi connectivity index (χ1v) is 7.57. The number of aliphatic hydroxyl groups excluding tert-OH is 3. The predicted octanol–water partition coefficient (Wildman–Crippen LogP) is 1.96. The van der Waals surface area contributed by atoms with Crippen LogP contribution in [0, 0.1) is 16.7 Å². The Bertz CT molecular complexity index is 301. The molecule has 0 amide bonds. The summed E-state index contributed by atoms with van der Waals surface area (Å²) in [5.41, 5.74) is 0.0151. The third kappa shape index (κ3) is 4.99. The van der Waals surface area contributed by atoms with E-state index in [1.165, 1.54) is 0 Å². The van der Waals surface area contributed by atoms with Gasteiger partial charge in [0.2, 0.25) is 0 Å². The summed E-state index contributed by atoms with van der Waals surface area (Å²) in [5.74, 6) is -0.230. The maximum Gasteiger partial charge on any atom is 0.106 e. The Kier molecular flexibility index (Phi) is 5.64.